The van der Waals surface area contributed by atoms with Crippen molar-refractivity contribution in [1.82, 2.24) is 4.31 Å². The summed E-state index contributed by atoms with van der Waals surface area (Å²) in [7, 11) is -3.75. The lowest BCUT2D eigenvalue weighted by atomic mass is 10.0. The molecule has 0 saturated carbocycles. The van der Waals surface area contributed by atoms with Gasteiger partial charge in [-0.05, 0) is 37.5 Å². The van der Waals surface area contributed by atoms with Crippen LogP contribution in [0.5, 0.6) is 0 Å². The second kappa shape index (κ2) is 6.73. The van der Waals surface area contributed by atoms with Crippen LogP contribution in [0.15, 0.2) is 23.1 Å². The third-order valence-corrected chi connectivity index (χ3v) is 6.39. The molecular weight excluding hydrogens is 369 g/mol. The summed E-state index contributed by atoms with van der Waals surface area (Å²) in [6, 6.07) is 3.39. The van der Waals surface area contributed by atoms with Crippen molar-refractivity contribution < 1.29 is 12.8 Å². The van der Waals surface area contributed by atoms with Gasteiger partial charge in [0.2, 0.25) is 10.0 Å². The van der Waals surface area contributed by atoms with E-state index in [0.29, 0.717) is 6.54 Å². The maximum absolute atomic E-state index is 13.3. The van der Waals surface area contributed by atoms with Crippen molar-refractivity contribution in [3.05, 3.63) is 29.0 Å². The fourth-order valence-electron chi connectivity index (χ4n) is 2.51. The molecule has 1 atom stereocenters. The van der Waals surface area contributed by atoms with Gasteiger partial charge in [0.05, 0.1) is 5.02 Å². The number of rotatable bonds is 4. The number of halogens is 3. The average molecular weight is 385 g/mol. The van der Waals surface area contributed by atoms with E-state index in [-0.39, 0.29) is 16.0 Å². The Labute approximate surface area is 132 Å². The third-order valence-electron chi connectivity index (χ3n) is 3.50. The van der Waals surface area contributed by atoms with Crippen LogP contribution in [-0.2, 0) is 10.0 Å². The fourth-order valence-corrected chi connectivity index (χ4v) is 5.25. The Morgan fingerprint density at radius 3 is 2.85 bits per heavy atom. The van der Waals surface area contributed by atoms with E-state index < -0.39 is 15.8 Å². The molecular formula is C13H16BrClFNO2S. The molecule has 112 valence electrons. The number of nitrogens with zero attached hydrogens (tertiary/aromatic N) is 1. The summed E-state index contributed by atoms with van der Waals surface area (Å²) in [6.07, 6.45) is 3.41. The molecule has 0 bridgehead atoms. The second-order valence-corrected chi connectivity index (χ2v) is 7.88. The fraction of sp³-hybridized carbons (Fsp3) is 0.538. The van der Waals surface area contributed by atoms with Crippen molar-refractivity contribution in [3.63, 3.8) is 0 Å². The summed E-state index contributed by atoms with van der Waals surface area (Å²) in [5.74, 6) is -0.595. The van der Waals surface area contributed by atoms with Crippen LogP contribution in [0.1, 0.15) is 25.7 Å². The minimum atomic E-state index is -3.75. The number of benzene rings is 1. The number of piperidine rings is 1. The van der Waals surface area contributed by atoms with Crippen LogP contribution >= 0.6 is 27.5 Å². The van der Waals surface area contributed by atoms with Crippen molar-refractivity contribution in [3.8, 4) is 0 Å². The van der Waals surface area contributed by atoms with Crippen LogP contribution in [0.3, 0.4) is 0 Å². The molecule has 0 radical (unpaired) electrons. The van der Waals surface area contributed by atoms with Gasteiger partial charge in [-0.2, -0.15) is 4.31 Å². The summed E-state index contributed by atoms with van der Waals surface area (Å²) >= 11 is 9.30. The van der Waals surface area contributed by atoms with E-state index in [0.717, 1.165) is 43.1 Å². The van der Waals surface area contributed by atoms with Gasteiger partial charge in [0, 0.05) is 17.9 Å². The molecule has 2 rings (SSSR count). The van der Waals surface area contributed by atoms with Gasteiger partial charge in [-0.3, -0.25) is 0 Å². The predicted octanol–water partition coefficient (Wildman–Crippen LogP) is 3.81. The Hall–Kier alpha value is -0.170. The summed E-state index contributed by atoms with van der Waals surface area (Å²) in [4.78, 5) is -0.138. The van der Waals surface area contributed by atoms with Gasteiger partial charge >= 0.3 is 0 Å². The summed E-state index contributed by atoms with van der Waals surface area (Å²) in [5.41, 5.74) is 0. The molecule has 0 amide bonds. The van der Waals surface area contributed by atoms with E-state index in [4.69, 9.17) is 11.6 Å². The molecule has 0 aromatic heterocycles. The van der Waals surface area contributed by atoms with Crippen molar-refractivity contribution >= 4 is 37.6 Å². The van der Waals surface area contributed by atoms with Gasteiger partial charge in [-0.1, -0.05) is 34.0 Å². The van der Waals surface area contributed by atoms with E-state index in [1.54, 1.807) is 0 Å². The zero-order chi connectivity index (χ0) is 14.8. The Balaban J connectivity index is 2.39. The highest BCUT2D eigenvalue weighted by Gasteiger charge is 2.34. The number of alkyl halides is 1. The van der Waals surface area contributed by atoms with Crippen molar-refractivity contribution in [2.45, 2.75) is 36.6 Å². The Morgan fingerprint density at radius 1 is 1.40 bits per heavy atom. The topological polar surface area (TPSA) is 37.4 Å². The van der Waals surface area contributed by atoms with E-state index in [1.165, 1.54) is 10.4 Å². The summed E-state index contributed by atoms with van der Waals surface area (Å²) < 4.78 is 40.2. The van der Waals surface area contributed by atoms with Crippen molar-refractivity contribution in [2.24, 2.45) is 0 Å². The van der Waals surface area contributed by atoms with Gasteiger partial charge < -0.3 is 0 Å². The number of sulfonamides is 1. The SMILES string of the molecule is O=S(=O)(c1cc(F)ccc1Cl)N1CCCCC1CCBr. The highest BCUT2D eigenvalue weighted by atomic mass is 79.9. The summed E-state index contributed by atoms with van der Waals surface area (Å²) in [6.45, 7) is 0.465. The van der Waals surface area contributed by atoms with Crippen molar-refractivity contribution in [1.29, 1.82) is 0 Å². The molecule has 1 heterocycles. The molecule has 1 aromatic carbocycles. The molecule has 7 heteroatoms. The molecule has 1 saturated heterocycles. The van der Waals surface area contributed by atoms with Gasteiger partial charge in [0.15, 0.2) is 0 Å². The van der Waals surface area contributed by atoms with Gasteiger partial charge in [0.1, 0.15) is 10.7 Å². The molecule has 0 aliphatic carbocycles. The molecule has 1 aliphatic heterocycles. The van der Waals surface area contributed by atoms with E-state index >= 15 is 0 Å². The van der Waals surface area contributed by atoms with E-state index in [2.05, 4.69) is 15.9 Å². The molecule has 1 unspecified atom stereocenters. The van der Waals surface area contributed by atoms with Crippen LogP contribution in [0.2, 0.25) is 5.02 Å². The second-order valence-electron chi connectivity index (χ2n) is 4.82. The molecule has 0 N–H and O–H groups in total. The highest BCUT2D eigenvalue weighted by molar-refractivity contribution is 9.09. The maximum Gasteiger partial charge on any atom is 0.244 e. The molecule has 0 spiro atoms. The Kier molecular flexibility index (Phi) is 5.45. The number of hydrogen-bond acceptors (Lipinski definition) is 2. The average Bonchev–Trinajstić information content (AvgIpc) is 2.42. The Bertz CT molecular complexity index is 580. The van der Waals surface area contributed by atoms with Crippen LogP contribution in [0, 0.1) is 5.82 Å². The normalized spacial score (nSPS) is 21.1. The van der Waals surface area contributed by atoms with Gasteiger partial charge in [0.25, 0.3) is 0 Å². The largest absolute Gasteiger partial charge is 0.244 e. The zero-order valence-electron chi connectivity index (χ0n) is 10.9. The highest BCUT2D eigenvalue weighted by Crippen LogP contribution is 2.31. The first kappa shape index (κ1) is 16.2. The Morgan fingerprint density at radius 2 is 2.15 bits per heavy atom. The zero-order valence-corrected chi connectivity index (χ0v) is 14.0. The first-order valence-electron chi connectivity index (χ1n) is 6.49. The first-order valence-corrected chi connectivity index (χ1v) is 9.43. The summed E-state index contributed by atoms with van der Waals surface area (Å²) in [5, 5.41) is 0.801. The third kappa shape index (κ3) is 3.35. The quantitative estimate of drug-likeness (QED) is 0.740. The number of hydrogen-bond donors (Lipinski definition) is 0. The monoisotopic (exact) mass is 383 g/mol. The smallest absolute Gasteiger partial charge is 0.207 e. The predicted molar refractivity (Wildman–Crippen MR) is 81.4 cm³/mol. The molecule has 3 nitrogen and oxygen atoms in total. The molecule has 1 aliphatic rings. The van der Waals surface area contributed by atoms with E-state index in [1.807, 2.05) is 0 Å². The molecule has 1 aromatic rings. The minimum Gasteiger partial charge on any atom is -0.207 e. The van der Waals surface area contributed by atoms with Gasteiger partial charge in [-0.15, -0.1) is 0 Å². The van der Waals surface area contributed by atoms with Crippen LogP contribution in [0.4, 0.5) is 4.39 Å². The first-order chi connectivity index (χ1) is 9.46. The molecule has 20 heavy (non-hydrogen) atoms. The lowest BCUT2D eigenvalue weighted by Crippen LogP contribution is -2.43. The maximum atomic E-state index is 13.3. The van der Waals surface area contributed by atoms with Gasteiger partial charge in [-0.25, -0.2) is 12.8 Å². The van der Waals surface area contributed by atoms with Crippen LogP contribution in [-0.4, -0.2) is 30.6 Å². The minimum absolute atomic E-state index is 0.0486. The lowest BCUT2D eigenvalue weighted by Gasteiger charge is -2.34. The van der Waals surface area contributed by atoms with E-state index in [9.17, 15) is 12.8 Å². The van der Waals surface area contributed by atoms with Crippen LogP contribution in [0.25, 0.3) is 0 Å². The van der Waals surface area contributed by atoms with Crippen molar-refractivity contribution in [2.75, 3.05) is 11.9 Å². The molecule has 1 fully saturated rings. The lowest BCUT2D eigenvalue weighted by molar-refractivity contribution is 0.248. The standard InChI is InChI=1S/C13H16BrClFNO2S/c14-7-6-11-3-1-2-8-17(11)20(18,19)13-9-10(16)4-5-12(13)15/h4-5,9,11H,1-3,6-8H2. The van der Waals surface area contributed by atoms with Crippen LogP contribution < -0.4 is 0 Å².